The van der Waals surface area contributed by atoms with Crippen LogP contribution in [0, 0.1) is 0 Å². The molecule has 4 heteroatoms. The number of sulfone groups is 1. The minimum absolute atomic E-state index is 0.164. The number of rotatable bonds is 5. The molecule has 0 saturated heterocycles. The lowest BCUT2D eigenvalue weighted by Gasteiger charge is -1.94. The Morgan fingerprint density at radius 3 is 2.45 bits per heavy atom. The van der Waals surface area contributed by atoms with Crippen molar-refractivity contribution in [3.05, 3.63) is 11.6 Å². The van der Waals surface area contributed by atoms with Crippen LogP contribution in [0.2, 0.25) is 0 Å². The van der Waals surface area contributed by atoms with Gasteiger partial charge in [-0.05, 0) is 6.42 Å². The van der Waals surface area contributed by atoms with Gasteiger partial charge in [-0.1, -0.05) is 13.8 Å². The summed E-state index contributed by atoms with van der Waals surface area (Å²) in [6.07, 6.45) is 2.48. The lowest BCUT2D eigenvalue weighted by atomic mass is 10.5. The highest BCUT2D eigenvalue weighted by atomic mass is 32.2. The van der Waals surface area contributed by atoms with Crippen molar-refractivity contribution >= 4 is 9.84 Å². The lowest BCUT2D eigenvalue weighted by Crippen LogP contribution is -2.07. The third kappa shape index (κ3) is 5.91. The highest BCUT2D eigenvalue weighted by molar-refractivity contribution is 7.94. The minimum Gasteiger partial charge on any atom is -0.390 e. The van der Waals surface area contributed by atoms with E-state index in [9.17, 15) is 8.42 Å². The molecule has 0 rings (SSSR count). The van der Waals surface area contributed by atoms with Crippen LogP contribution in [-0.4, -0.2) is 20.7 Å². The molecule has 0 atom stereocenters. The Labute approximate surface area is 68.4 Å². The van der Waals surface area contributed by atoms with E-state index >= 15 is 0 Å². The molecule has 0 aromatic heterocycles. The third-order valence-electron chi connectivity index (χ3n) is 1.19. The maximum absolute atomic E-state index is 10.8. The van der Waals surface area contributed by atoms with E-state index in [1.54, 1.807) is 6.92 Å². The van der Waals surface area contributed by atoms with E-state index in [-0.39, 0.29) is 5.75 Å². The molecule has 11 heavy (non-hydrogen) atoms. The van der Waals surface area contributed by atoms with E-state index in [0.29, 0.717) is 0 Å². The first-order valence-electron chi connectivity index (χ1n) is 3.75. The van der Waals surface area contributed by atoms with Gasteiger partial charge in [0.05, 0.1) is 5.75 Å². The zero-order valence-electron chi connectivity index (χ0n) is 7.00. The zero-order valence-corrected chi connectivity index (χ0v) is 7.82. The molecule has 1 N–H and O–H groups in total. The zero-order chi connectivity index (χ0) is 8.74. The number of nitrogens with one attached hydrogen (secondary N) is 1. The van der Waals surface area contributed by atoms with Crippen LogP contribution in [0.25, 0.3) is 0 Å². The van der Waals surface area contributed by atoms with Crippen LogP contribution < -0.4 is 5.32 Å². The largest absolute Gasteiger partial charge is 0.390 e. The quantitative estimate of drug-likeness (QED) is 0.634. The molecule has 0 heterocycles. The summed E-state index contributed by atoms with van der Waals surface area (Å²) < 4.78 is 21.7. The Hall–Kier alpha value is -0.510. The van der Waals surface area contributed by atoms with Gasteiger partial charge in [0, 0.05) is 18.2 Å². The van der Waals surface area contributed by atoms with Gasteiger partial charge >= 0.3 is 0 Å². The van der Waals surface area contributed by atoms with E-state index in [0.717, 1.165) is 13.0 Å². The summed E-state index contributed by atoms with van der Waals surface area (Å²) in [4.78, 5) is 0. The van der Waals surface area contributed by atoms with Gasteiger partial charge in [-0.3, -0.25) is 0 Å². The van der Waals surface area contributed by atoms with Crippen LogP contribution in [0.15, 0.2) is 11.6 Å². The van der Waals surface area contributed by atoms with E-state index in [2.05, 4.69) is 5.32 Å². The standard InChI is InChI=1S/C7H15NO2S/c1-3-5-8-6-7-11(9,10)4-2/h6-8H,3-5H2,1-2H3/b7-6+. The van der Waals surface area contributed by atoms with Crippen LogP contribution in [0.1, 0.15) is 20.3 Å². The van der Waals surface area contributed by atoms with Gasteiger partial charge in [0.2, 0.25) is 0 Å². The van der Waals surface area contributed by atoms with Gasteiger partial charge in [0.25, 0.3) is 0 Å². The fourth-order valence-corrected chi connectivity index (χ4v) is 0.972. The maximum atomic E-state index is 10.8. The van der Waals surface area contributed by atoms with Crippen LogP contribution in [0.4, 0.5) is 0 Å². The number of hydrogen-bond acceptors (Lipinski definition) is 3. The second-order valence-corrected chi connectivity index (χ2v) is 4.38. The van der Waals surface area contributed by atoms with Crippen molar-refractivity contribution in [3.63, 3.8) is 0 Å². The molecule has 3 nitrogen and oxygen atoms in total. The Kier molecular flexibility index (Phi) is 4.94. The fraction of sp³-hybridized carbons (Fsp3) is 0.714. The molecule has 0 unspecified atom stereocenters. The summed E-state index contributed by atoms with van der Waals surface area (Å²) >= 11 is 0. The normalized spacial score (nSPS) is 12.2. The van der Waals surface area contributed by atoms with Crippen molar-refractivity contribution in [3.8, 4) is 0 Å². The van der Waals surface area contributed by atoms with Crippen molar-refractivity contribution < 1.29 is 8.42 Å². The predicted molar refractivity (Wildman–Crippen MR) is 46.9 cm³/mol. The minimum atomic E-state index is -2.94. The topological polar surface area (TPSA) is 46.2 Å². The summed E-state index contributed by atoms with van der Waals surface area (Å²) in [5, 5.41) is 4.08. The van der Waals surface area contributed by atoms with Crippen LogP contribution in [0.5, 0.6) is 0 Å². The van der Waals surface area contributed by atoms with Crippen molar-refractivity contribution in [1.82, 2.24) is 5.32 Å². The molecule has 0 saturated carbocycles. The molecule has 0 aliphatic heterocycles. The summed E-state index contributed by atoms with van der Waals surface area (Å²) in [5.74, 6) is 0.164. The van der Waals surface area contributed by atoms with Gasteiger partial charge in [0.1, 0.15) is 0 Å². The predicted octanol–water partition coefficient (Wildman–Crippen LogP) is 0.892. The molecule has 0 aromatic rings. The van der Waals surface area contributed by atoms with Crippen LogP contribution in [-0.2, 0) is 9.84 Å². The Morgan fingerprint density at radius 1 is 1.36 bits per heavy atom. The lowest BCUT2D eigenvalue weighted by molar-refractivity contribution is 0.605. The SMILES string of the molecule is CCCN/C=C/S(=O)(=O)CC. The van der Waals surface area contributed by atoms with Crippen molar-refractivity contribution in [1.29, 1.82) is 0 Å². The molecule has 0 spiro atoms. The van der Waals surface area contributed by atoms with Crippen LogP contribution >= 0.6 is 0 Å². The molecule has 0 aromatic carbocycles. The highest BCUT2D eigenvalue weighted by Gasteiger charge is 1.98. The van der Waals surface area contributed by atoms with Crippen molar-refractivity contribution in [2.45, 2.75) is 20.3 Å². The summed E-state index contributed by atoms with van der Waals surface area (Å²) in [6.45, 7) is 4.46. The summed E-state index contributed by atoms with van der Waals surface area (Å²) in [7, 11) is -2.94. The molecule has 0 aliphatic carbocycles. The molecule has 0 amide bonds. The first kappa shape index (κ1) is 10.5. The van der Waals surface area contributed by atoms with Crippen molar-refractivity contribution in [2.75, 3.05) is 12.3 Å². The Balaban J connectivity index is 3.74. The third-order valence-corrected chi connectivity index (χ3v) is 2.55. The fourth-order valence-electron chi connectivity index (χ4n) is 0.476. The second kappa shape index (κ2) is 5.18. The summed E-state index contributed by atoms with van der Waals surface area (Å²) in [6, 6.07) is 0. The highest BCUT2D eigenvalue weighted by Crippen LogP contribution is 1.89. The van der Waals surface area contributed by atoms with Gasteiger partial charge in [0.15, 0.2) is 9.84 Å². The molecule has 66 valence electrons. The van der Waals surface area contributed by atoms with E-state index in [1.165, 1.54) is 11.6 Å². The average Bonchev–Trinajstić information content (AvgIpc) is 1.99. The molecular formula is C7H15NO2S. The number of hydrogen-bond donors (Lipinski definition) is 1. The Morgan fingerprint density at radius 2 is 2.00 bits per heavy atom. The van der Waals surface area contributed by atoms with E-state index < -0.39 is 9.84 Å². The second-order valence-electron chi connectivity index (χ2n) is 2.21. The van der Waals surface area contributed by atoms with Gasteiger partial charge < -0.3 is 5.32 Å². The van der Waals surface area contributed by atoms with E-state index in [4.69, 9.17) is 0 Å². The van der Waals surface area contributed by atoms with Crippen molar-refractivity contribution in [2.24, 2.45) is 0 Å². The van der Waals surface area contributed by atoms with Gasteiger partial charge in [-0.25, -0.2) is 8.42 Å². The van der Waals surface area contributed by atoms with Gasteiger partial charge in [-0.2, -0.15) is 0 Å². The average molecular weight is 177 g/mol. The monoisotopic (exact) mass is 177 g/mol. The van der Waals surface area contributed by atoms with Gasteiger partial charge in [-0.15, -0.1) is 0 Å². The first-order chi connectivity index (χ1) is 5.12. The van der Waals surface area contributed by atoms with E-state index in [1.807, 2.05) is 6.92 Å². The molecule has 0 aliphatic rings. The molecule has 0 fully saturated rings. The maximum Gasteiger partial charge on any atom is 0.172 e. The first-order valence-corrected chi connectivity index (χ1v) is 5.46. The molecule has 0 bridgehead atoms. The Bertz CT molecular complexity index is 206. The van der Waals surface area contributed by atoms with Crippen LogP contribution in [0.3, 0.4) is 0 Å². The molecule has 0 radical (unpaired) electrons. The smallest absolute Gasteiger partial charge is 0.172 e. The summed E-state index contributed by atoms with van der Waals surface area (Å²) in [5.41, 5.74) is 0. The molecular weight excluding hydrogens is 162 g/mol.